The Labute approximate surface area is 148 Å². The smallest absolute Gasteiger partial charge is 0.343 e. The molecule has 8 nitrogen and oxygen atoms in total. The Morgan fingerprint density at radius 3 is 2.19 bits per heavy atom. The van der Waals surface area contributed by atoms with Gasteiger partial charge in [-0.2, -0.15) is 0 Å². The van der Waals surface area contributed by atoms with E-state index in [2.05, 4.69) is 4.74 Å². The lowest BCUT2D eigenvalue weighted by Gasteiger charge is -2.11. The predicted molar refractivity (Wildman–Crippen MR) is 90.4 cm³/mol. The molecule has 0 saturated carbocycles. The van der Waals surface area contributed by atoms with Crippen LogP contribution in [0, 0.1) is 0 Å². The number of esters is 2. The van der Waals surface area contributed by atoms with Crippen molar-refractivity contribution in [1.29, 1.82) is 0 Å². The molecule has 0 unspecified atom stereocenters. The van der Waals surface area contributed by atoms with E-state index < -0.39 is 29.2 Å². The summed E-state index contributed by atoms with van der Waals surface area (Å²) in [5, 5.41) is 28.2. The molecule has 26 heavy (non-hydrogen) atoms. The topological polar surface area (TPSA) is 123 Å². The van der Waals surface area contributed by atoms with Crippen molar-refractivity contribution < 1.29 is 39.1 Å². The van der Waals surface area contributed by atoms with Gasteiger partial charge in [0, 0.05) is 6.08 Å². The van der Waals surface area contributed by atoms with Crippen LogP contribution in [0.25, 0.3) is 6.08 Å². The van der Waals surface area contributed by atoms with E-state index in [1.165, 1.54) is 38.5 Å². The van der Waals surface area contributed by atoms with Gasteiger partial charge in [0.2, 0.25) is 0 Å². The number of methoxy groups -OCH3 is 2. The second-order valence-electron chi connectivity index (χ2n) is 5.02. The lowest BCUT2D eigenvalue weighted by molar-refractivity contribution is -0.134. The molecule has 0 spiro atoms. The van der Waals surface area contributed by atoms with Gasteiger partial charge in [-0.05, 0) is 35.9 Å². The summed E-state index contributed by atoms with van der Waals surface area (Å²) >= 11 is 0. The first-order chi connectivity index (χ1) is 12.3. The lowest BCUT2D eigenvalue weighted by Crippen LogP contribution is -2.09. The number of benzene rings is 2. The van der Waals surface area contributed by atoms with Gasteiger partial charge >= 0.3 is 11.9 Å². The van der Waals surface area contributed by atoms with E-state index >= 15 is 0 Å². The van der Waals surface area contributed by atoms with E-state index in [1.54, 1.807) is 6.07 Å². The standard InChI is InChI=1S/C18H16O8/c1-24-15-7-10(4-6-16(21)25-2)3-5-14(15)26-18(23)11-8-12(19)17(22)13(20)9-11/h3-9,19-20,22H,1-2H3/b6-4+. The molecule has 0 bridgehead atoms. The maximum atomic E-state index is 12.2. The first-order valence-corrected chi connectivity index (χ1v) is 7.27. The Balaban J connectivity index is 2.25. The summed E-state index contributed by atoms with van der Waals surface area (Å²) in [6.45, 7) is 0. The molecule has 0 heterocycles. The molecule has 8 heteroatoms. The number of carbonyl (C=O) groups excluding carboxylic acids is 2. The van der Waals surface area contributed by atoms with Crippen LogP contribution in [0.4, 0.5) is 0 Å². The van der Waals surface area contributed by atoms with Gasteiger partial charge in [0.1, 0.15) is 0 Å². The fourth-order valence-corrected chi connectivity index (χ4v) is 1.99. The Bertz CT molecular complexity index is 846. The number of hydrogen-bond donors (Lipinski definition) is 3. The molecule has 0 aliphatic heterocycles. The first kappa shape index (κ1) is 18.7. The zero-order chi connectivity index (χ0) is 19.3. The molecule has 3 N–H and O–H groups in total. The van der Waals surface area contributed by atoms with Crippen molar-refractivity contribution >= 4 is 18.0 Å². The molecule has 136 valence electrons. The van der Waals surface area contributed by atoms with Gasteiger partial charge in [0.25, 0.3) is 0 Å². The van der Waals surface area contributed by atoms with Gasteiger partial charge in [-0.3, -0.25) is 0 Å². The molecule has 0 fully saturated rings. The van der Waals surface area contributed by atoms with Crippen molar-refractivity contribution in [3.8, 4) is 28.7 Å². The van der Waals surface area contributed by atoms with Gasteiger partial charge in [-0.15, -0.1) is 0 Å². The number of ether oxygens (including phenoxy) is 3. The van der Waals surface area contributed by atoms with Crippen molar-refractivity contribution in [2.75, 3.05) is 14.2 Å². The number of carbonyl (C=O) groups is 2. The third-order valence-corrected chi connectivity index (χ3v) is 3.31. The third kappa shape index (κ3) is 4.23. The lowest BCUT2D eigenvalue weighted by atomic mass is 10.1. The minimum absolute atomic E-state index is 0.0831. The normalized spacial score (nSPS) is 10.5. The molecule has 0 aliphatic carbocycles. The zero-order valence-corrected chi connectivity index (χ0v) is 13.9. The summed E-state index contributed by atoms with van der Waals surface area (Å²) < 4.78 is 14.8. The quantitative estimate of drug-likeness (QED) is 0.321. The number of phenols is 3. The fourth-order valence-electron chi connectivity index (χ4n) is 1.99. The van der Waals surface area contributed by atoms with Gasteiger partial charge in [0.15, 0.2) is 28.7 Å². The highest BCUT2D eigenvalue weighted by molar-refractivity contribution is 5.93. The summed E-state index contributed by atoms with van der Waals surface area (Å²) in [6.07, 6.45) is 2.72. The maximum absolute atomic E-state index is 12.2. The fraction of sp³-hybridized carbons (Fsp3) is 0.111. The molecule has 0 atom stereocenters. The summed E-state index contributed by atoms with van der Waals surface area (Å²) in [5.41, 5.74) is 0.432. The summed E-state index contributed by atoms with van der Waals surface area (Å²) in [5.74, 6) is -3.16. The number of rotatable bonds is 5. The predicted octanol–water partition coefficient (Wildman–Crippen LogP) is 2.22. The Morgan fingerprint density at radius 1 is 0.962 bits per heavy atom. The van der Waals surface area contributed by atoms with Crippen molar-refractivity contribution in [2.24, 2.45) is 0 Å². The average Bonchev–Trinajstić information content (AvgIpc) is 2.64. The van der Waals surface area contributed by atoms with E-state index in [0.29, 0.717) is 5.56 Å². The van der Waals surface area contributed by atoms with Gasteiger partial charge in [-0.25, -0.2) is 9.59 Å². The van der Waals surface area contributed by atoms with Crippen LogP contribution in [0.5, 0.6) is 28.7 Å². The molecule has 2 aromatic carbocycles. The molecule has 2 aromatic rings. The highest BCUT2D eigenvalue weighted by atomic mass is 16.6. The van der Waals surface area contributed by atoms with E-state index in [0.717, 1.165) is 12.1 Å². The minimum atomic E-state index is -0.883. The Kier molecular flexibility index (Phi) is 5.69. The maximum Gasteiger partial charge on any atom is 0.343 e. The van der Waals surface area contributed by atoms with Gasteiger partial charge < -0.3 is 29.5 Å². The van der Waals surface area contributed by atoms with Crippen molar-refractivity contribution in [2.45, 2.75) is 0 Å². The molecular weight excluding hydrogens is 344 g/mol. The Hall–Kier alpha value is -3.68. The molecule has 2 rings (SSSR count). The average molecular weight is 360 g/mol. The highest BCUT2D eigenvalue weighted by Crippen LogP contribution is 2.36. The van der Waals surface area contributed by atoms with Crippen LogP contribution in [0.15, 0.2) is 36.4 Å². The van der Waals surface area contributed by atoms with E-state index in [-0.39, 0.29) is 17.1 Å². The molecule has 0 amide bonds. The summed E-state index contributed by atoms with van der Waals surface area (Å²) in [6, 6.07) is 6.48. The largest absolute Gasteiger partial charge is 0.504 e. The summed E-state index contributed by atoms with van der Waals surface area (Å²) in [4.78, 5) is 23.3. The van der Waals surface area contributed by atoms with Crippen LogP contribution < -0.4 is 9.47 Å². The molecule has 0 saturated heterocycles. The zero-order valence-electron chi connectivity index (χ0n) is 13.9. The van der Waals surface area contributed by atoms with Crippen molar-refractivity contribution in [1.82, 2.24) is 0 Å². The van der Waals surface area contributed by atoms with E-state index in [4.69, 9.17) is 9.47 Å². The monoisotopic (exact) mass is 360 g/mol. The van der Waals surface area contributed by atoms with Crippen LogP contribution >= 0.6 is 0 Å². The molecular formula is C18H16O8. The first-order valence-electron chi connectivity index (χ1n) is 7.27. The van der Waals surface area contributed by atoms with E-state index in [9.17, 15) is 24.9 Å². The van der Waals surface area contributed by atoms with Crippen molar-refractivity contribution in [3.05, 3.63) is 47.5 Å². The van der Waals surface area contributed by atoms with Crippen LogP contribution in [-0.2, 0) is 9.53 Å². The van der Waals surface area contributed by atoms with Crippen LogP contribution in [0.1, 0.15) is 15.9 Å². The minimum Gasteiger partial charge on any atom is -0.504 e. The van der Waals surface area contributed by atoms with Gasteiger partial charge in [0.05, 0.1) is 19.8 Å². The second-order valence-corrected chi connectivity index (χ2v) is 5.02. The summed E-state index contributed by atoms with van der Waals surface area (Å²) in [7, 11) is 2.63. The Morgan fingerprint density at radius 2 is 1.62 bits per heavy atom. The highest BCUT2D eigenvalue weighted by Gasteiger charge is 2.17. The molecule has 0 radical (unpaired) electrons. The molecule has 0 aromatic heterocycles. The SMILES string of the molecule is COC(=O)/C=C/c1ccc(OC(=O)c2cc(O)c(O)c(O)c2)c(OC)c1. The van der Waals surface area contributed by atoms with Crippen LogP contribution in [0.2, 0.25) is 0 Å². The molecule has 0 aliphatic rings. The van der Waals surface area contributed by atoms with Crippen LogP contribution in [0.3, 0.4) is 0 Å². The van der Waals surface area contributed by atoms with Gasteiger partial charge in [-0.1, -0.05) is 6.07 Å². The third-order valence-electron chi connectivity index (χ3n) is 3.31. The number of phenolic OH excluding ortho intramolecular Hbond substituents is 3. The van der Waals surface area contributed by atoms with Crippen molar-refractivity contribution in [3.63, 3.8) is 0 Å². The number of aromatic hydroxyl groups is 3. The second kappa shape index (κ2) is 7.93. The van der Waals surface area contributed by atoms with E-state index in [1.807, 2.05) is 0 Å². The van der Waals surface area contributed by atoms with Crippen LogP contribution in [-0.4, -0.2) is 41.5 Å². The number of hydrogen-bond acceptors (Lipinski definition) is 8.